The molecule has 1 aliphatic heterocycles. The molecular formula is C26H24FN7O2. The second-order valence-corrected chi connectivity index (χ2v) is 9.78. The number of rotatable bonds is 6. The maximum atomic E-state index is 14.0. The number of nitrogens with zero attached hydrogens (tertiary/aromatic N) is 7. The number of pyridine rings is 1. The predicted molar refractivity (Wildman–Crippen MR) is 130 cm³/mol. The van der Waals surface area contributed by atoms with Crippen LogP contribution in [0, 0.1) is 5.95 Å². The minimum absolute atomic E-state index is 0.133. The lowest BCUT2D eigenvalue weighted by Gasteiger charge is -2.16. The molecule has 182 valence electrons. The highest BCUT2D eigenvalue weighted by atomic mass is 19.1. The Labute approximate surface area is 207 Å². The van der Waals surface area contributed by atoms with Gasteiger partial charge in [-0.05, 0) is 18.2 Å². The fourth-order valence-electron chi connectivity index (χ4n) is 3.86. The lowest BCUT2D eigenvalue weighted by atomic mass is 9.95. The van der Waals surface area contributed by atoms with Gasteiger partial charge in [-0.1, -0.05) is 32.9 Å². The summed E-state index contributed by atoms with van der Waals surface area (Å²) in [6.07, 6.45) is 5.01. The van der Waals surface area contributed by atoms with Gasteiger partial charge in [-0.2, -0.15) is 4.39 Å². The lowest BCUT2D eigenvalue weighted by molar-refractivity contribution is 0.0966. The molecule has 9 nitrogen and oxygen atoms in total. The van der Waals surface area contributed by atoms with Crippen molar-refractivity contribution in [2.24, 2.45) is 4.99 Å². The van der Waals surface area contributed by atoms with Crippen LogP contribution in [0.15, 0.2) is 52.5 Å². The van der Waals surface area contributed by atoms with Crippen molar-refractivity contribution >= 4 is 17.2 Å². The van der Waals surface area contributed by atoms with Gasteiger partial charge < -0.3 is 4.52 Å². The Morgan fingerprint density at radius 3 is 2.75 bits per heavy atom. The number of Topliss-reactive ketones (excluding diaryl/α,β-unsaturated/α-hetero) is 1. The van der Waals surface area contributed by atoms with Gasteiger partial charge in [0.1, 0.15) is 35.0 Å². The Bertz CT molecular complexity index is 1490. The molecule has 36 heavy (non-hydrogen) atoms. The third-order valence-electron chi connectivity index (χ3n) is 5.90. The Morgan fingerprint density at radius 1 is 1.14 bits per heavy atom. The molecule has 0 amide bonds. The molecule has 0 bridgehead atoms. The van der Waals surface area contributed by atoms with Gasteiger partial charge in [-0.25, -0.2) is 29.9 Å². The zero-order valence-corrected chi connectivity index (χ0v) is 20.4. The number of aromatic nitrogens is 6. The zero-order valence-electron chi connectivity index (χ0n) is 20.4. The number of ketones is 1. The molecule has 0 aromatic carbocycles. The molecule has 0 unspecified atom stereocenters. The summed E-state index contributed by atoms with van der Waals surface area (Å²) in [4.78, 5) is 38.5. The maximum absolute atomic E-state index is 14.0. The van der Waals surface area contributed by atoms with Crippen molar-refractivity contribution in [1.29, 1.82) is 0 Å². The van der Waals surface area contributed by atoms with Gasteiger partial charge in [-0.15, -0.1) is 0 Å². The Kier molecular flexibility index (Phi) is 5.95. The van der Waals surface area contributed by atoms with E-state index in [-0.39, 0.29) is 34.8 Å². The Hall–Kier alpha value is -4.21. The summed E-state index contributed by atoms with van der Waals surface area (Å²) in [5.41, 5.74) is 3.49. The van der Waals surface area contributed by atoms with E-state index in [9.17, 15) is 9.18 Å². The van der Waals surface area contributed by atoms with Crippen LogP contribution in [-0.4, -0.2) is 41.6 Å². The molecule has 0 fully saturated rings. The molecular weight excluding hydrogens is 461 g/mol. The number of hydrogen-bond acceptors (Lipinski definition) is 9. The average molecular weight is 486 g/mol. The van der Waals surface area contributed by atoms with Gasteiger partial charge >= 0.3 is 0 Å². The largest absolute Gasteiger partial charge is 0.360 e. The molecule has 1 aliphatic rings. The summed E-state index contributed by atoms with van der Waals surface area (Å²) >= 11 is 0. The number of hydrogen-bond donors (Lipinski definition) is 0. The van der Waals surface area contributed by atoms with Crippen LogP contribution < -0.4 is 0 Å². The SMILES string of the molecule is C[C@@H](CC(=O)c1cc(-c2cccnc2F)ncn1)c1cc(C2=Nc3cnc(C(C)(C)C)nc3C2)no1. The van der Waals surface area contributed by atoms with E-state index in [0.717, 1.165) is 22.9 Å². The van der Waals surface area contributed by atoms with Crippen molar-refractivity contribution in [3.63, 3.8) is 0 Å². The molecule has 4 aromatic heterocycles. The molecule has 0 spiro atoms. The van der Waals surface area contributed by atoms with Crippen LogP contribution in [0.1, 0.15) is 73.5 Å². The van der Waals surface area contributed by atoms with Crippen LogP contribution in [0.5, 0.6) is 0 Å². The molecule has 5 rings (SSSR count). The highest BCUT2D eigenvalue weighted by Crippen LogP contribution is 2.30. The number of halogens is 1. The minimum atomic E-state index is -0.658. The molecule has 0 saturated carbocycles. The van der Waals surface area contributed by atoms with Crippen LogP contribution in [0.2, 0.25) is 0 Å². The van der Waals surface area contributed by atoms with Gasteiger partial charge in [0.15, 0.2) is 5.78 Å². The quantitative estimate of drug-likeness (QED) is 0.282. The summed E-state index contributed by atoms with van der Waals surface area (Å²) in [5, 5.41) is 4.18. The van der Waals surface area contributed by atoms with E-state index in [0.29, 0.717) is 23.6 Å². The van der Waals surface area contributed by atoms with E-state index < -0.39 is 5.95 Å². The number of aliphatic imine (C=N–C) groups is 1. The van der Waals surface area contributed by atoms with E-state index in [1.807, 2.05) is 6.92 Å². The number of carbonyl (C=O) groups excluding carboxylic acids is 1. The molecule has 5 heterocycles. The van der Waals surface area contributed by atoms with E-state index in [1.165, 1.54) is 18.6 Å². The van der Waals surface area contributed by atoms with E-state index in [2.05, 4.69) is 55.8 Å². The molecule has 10 heteroatoms. The van der Waals surface area contributed by atoms with Crippen LogP contribution in [0.4, 0.5) is 10.1 Å². The summed E-state index contributed by atoms with van der Waals surface area (Å²) in [5.74, 6) is 0.193. The molecule has 0 radical (unpaired) electrons. The van der Waals surface area contributed by atoms with Crippen LogP contribution >= 0.6 is 0 Å². The Balaban J connectivity index is 1.28. The van der Waals surface area contributed by atoms with E-state index in [4.69, 9.17) is 4.52 Å². The first-order valence-electron chi connectivity index (χ1n) is 11.6. The molecule has 4 aromatic rings. The summed E-state index contributed by atoms with van der Waals surface area (Å²) in [7, 11) is 0. The van der Waals surface area contributed by atoms with Crippen LogP contribution in [0.3, 0.4) is 0 Å². The molecule has 0 N–H and O–H groups in total. The van der Waals surface area contributed by atoms with Crippen molar-refractivity contribution < 1.29 is 13.7 Å². The van der Waals surface area contributed by atoms with Gasteiger partial charge in [0.25, 0.3) is 0 Å². The topological polar surface area (TPSA) is 120 Å². The van der Waals surface area contributed by atoms with Gasteiger partial charge in [0, 0.05) is 36.4 Å². The normalized spacial score (nSPS) is 13.9. The molecule has 0 saturated heterocycles. The first-order chi connectivity index (χ1) is 17.2. The van der Waals surface area contributed by atoms with E-state index >= 15 is 0 Å². The lowest BCUT2D eigenvalue weighted by Crippen LogP contribution is -2.16. The zero-order chi connectivity index (χ0) is 25.4. The standard InChI is InChI=1S/C26H24FN7O2/c1-14(8-22(35)20-9-16(30-13-31-20)15-6-5-7-28-24(15)27)23-11-19(34-36-23)17-10-18-21(32-17)12-29-25(33-18)26(2,3)4/h5-7,9,11-14H,8,10H2,1-4H3/t14-/m0/s1. The predicted octanol–water partition coefficient (Wildman–Crippen LogP) is 4.81. The van der Waals surface area contributed by atoms with Gasteiger partial charge in [0.2, 0.25) is 5.95 Å². The number of carbonyl (C=O) groups is 1. The minimum Gasteiger partial charge on any atom is -0.360 e. The fraction of sp³-hybridized carbons (Fsp3) is 0.308. The van der Waals surface area contributed by atoms with Crippen molar-refractivity contribution in [3.8, 4) is 11.3 Å². The number of fused-ring (bicyclic) bond motifs is 1. The van der Waals surface area contributed by atoms with Crippen LogP contribution in [0.25, 0.3) is 11.3 Å². The van der Waals surface area contributed by atoms with Crippen molar-refractivity contribution in [3.05, 3.63) is 77.6 Å². The molecule has 1 atom stereocenters. The smallest absolute Gasteiger partial charge is 0.222 e. The van der Waals surface area contributed by atoms with Gasteiger partial charge in [-0.3, -0.25) is 4.79 Å². The second-order valence-electron chi connectivity index (χ2n) is 9.78. The third-order valence-corrected chi connectivity index (χ3v) is 5.90. The summed E-state index contributed by atoms with van der Waals surface area (Å²) in [6, 6.07) is 6.43. The monoisotopic (exact) mass is 485 g/mol. The van der Waals surface area contributed by atoms with E-state index in [1.54, 1.807) is 24.4 Å². The van der Waals surface area contributed by atoms with Crippen molar-refractivity contribution in [1.82, 2.24) is 30.1 Å². The van der Waals surface area contributed by atoms with Gasteiger partial charge in [0.05, 0.1) is 28.9 Å². The first kappa shape index (κ1) is 23.5. The average Bonchev–Trinajstić information content (AvgIpc) is 3.51. The molecule has 0 aliphatic carbocycles. The highest BCUT2D eigenvalue weighted by Gasteiger charge is 2.26. The first-order valence-corrected chi connectivity index (χ1v) is 11.6. The maximum Gasteiger partial charge on any atom is 0.222 e. The summed E-state index contributed by atoms with van der Waals surface area (Å²) in [6.45, 7) is 8.07. The van der Waals surface area contributed by atoms with Crippen LogP contribution in [-0.2, 0) is 11.8 Å². The Morgan fingerprint density at radius 2 is 1.97 bits per heavy atom. The second kappa shape index (κ2) is 9.10. The summed E-state index contributed by atoms with van der Waals surface area (Å²) < 4.78 is 19.6. The highest BCUT2D eigenvalue weighted by molar-refractivity contribution is 6.04. The van der Waals surface area contributed by atoms with Crippen molar-refractivity contribution in [2.45, 2.75) is 51.9 Å². The third kappa shape index (κ3) is 4.66. The van der Waals surface area contributed by atoms with Crippen molar-refractivity contribution in [2.75, 3.05) is 0 Å². The fourth-order valence-corrected chi connectivity index (χ4v) is 3.86.